The molecular formula is C26H30N4O4. The molecule has 2 heterocycles. The van der Waals surface area contributed by atoms with Gasteiger partial charge < -0.3 is 24.6 Å². The highest BCUT2D eigenvalue weighted by Crippen LogP contribution is 2.39. The number of hydrogen-bond donors (Lipinski definition) is 2. The number of carbonyl (C=O) groups excluding carboxylic acids is 1. The molecule has 0 atom stereocenters. The highest BCUT2D eigenvalue weighted by molar-refractivity contribution is 5.98. The summed E-state index contributed by atoms with van der Waals surface area (Å²) >= 11 is 0. The topological polar surface area (TPSA) is 101 Å². The Labute approximate surface area is 198 Å². The highest BCUT2D eigenvalue weighted by Gasteiger charge is 2.29. The lowest BCUT2D eigenvalue weighted by molar-refractivity contribution is -0.116. The summed E-state index contributed by atoms with van der Waals surface area (Å²) in [6.45, 7) is 6.37. The van der Waals surface area contributed by atoms with E-state index in [2.05, 4.69) is 15.5 Å². The third kappa shape index (κ3) is 4.77. The van der Waals surface area contributed by atoms with Gasteiger partial charge in [0.1, 0.15) is 12.4 Å². The van der Waals surface area contributed by atoms with Crippen molar-refractivity contribution in [3.8, 4) is 17.2 Å². The van der Waals surface area contributed by atoms with Crippen LogP contribution >= 0.6 is 0 Å². The third-order valence-electron chi connectivity index (χ3n) is 6.17. The van der Waals surface area contributed by atoms with Gasteiger partial charge in [0.15, 0.2) is 5.82 Å². The first-order chi connectivity index (χ1) is 16.3. The number of amides is 1. The normalized spacial score (nSPS) is 15.4. The van der Waals surface area contributed by atoms with Crippen molar-refractivity contribution in [3.63, 3.8) is 0 Å². The first-order valence-corrected chi connectivity index (χ1v) is 11.7. The van der Waals surface area contributed by atoms with Gasteiger partial charge in [-0.2, -0.15) is 4.98 Å². The van der Waals surface area contributed by atoms with Gasteiger partial charge in [0.25, 0.3) is 5.89 Å². The fourth-order valence-electron chi connectivity index (χ4n) is 4.12. The molecule has 1 aliphatic carbocycles. The number of nitrogens with zero attached hydrogens (tertiary/aromatic N) is 3. The van der Waals surface area contributed by atoms with E-state index >= 15 is 0 Å². The van der Waals surface area contributed by atoms with Gasteiger partial charge in [0, 0.05) is 29.3 Å². The minimum atomic E-state index is -0.923. The molecule has 0 spiro atoms. The fourth-order valence-corrected chi connectivity index (χ4v) is 4.12. The van der Waals surface area contributed by atoms with Crippen LogP contribution in [0.4, 0.5) is 11.4 Å². The summed E-state index contributed by atoms with van der Waals surface area (Å²) in [5, 5.41) is 17.4. The average molecular weight is 463 g/mol. The lowest BCUT2D eigenvalue weighted by Crippen LogP contribution is -2.34. The van der Waals surface area contributed by atoms with Crippen LogP contribution in [-0.4, -0.2) is 46.5 Å². The smallest absolute Gasteiger partial charge is 0.258 e. The number of aryl methyl sites for hydroxylation is 1. The number of aliphatic hydroxyl groups is 1. The molecule has 2 aromatic carbocycles. The average Bonchev–Trinajstić information content (AvgIpc) is 3.36. The number of hydrogen-bond acceptors (Lipinski definition) is 7. The molecule has 0 unspecified atom stereocenters. The second kappa shape index (κ2) is 8.76. The van der Waals surface area contributed by atoms with Crippen LogP contribution in [-0.2, 0) is 11.2 Å². The largest absolute Gasteiger partial charge is 0.490 e. The number of anilines is 2. The molecular weight excluding hydrogens is 432 g/mol. The number of rotatable bonds is 8. The van der Waals surface area contributed by atoms with E-state index in [1.165, 1.54) is 0 Å². The fraction of sp³-hybridized carbons (Fsp3) is 0.423. The molecule has 2 aliphatic rings. The Morgan fingerprint density at radius 2 is 2.12 bits per heavy atom. The lowest BCUT2D eigenvalue weighted by Gasteiger charge is -2.21. The van der Waals surface area contributed by atoms with Crippen LogP contribution in [0.25, 0.3) is 11.5 Å². The number of aromatic nitrogens is 2. The van der Waals surface area contributed by atoms with E-state index in [1.807, 2.05) is 43.3 Å². The van der Waals surface area contributed by atoms with Gasteiger partial charge in [-0.25, -0.2) is 0 Å². The Bertz CT molecular complexity index is 1210. The van der Waals surface area contributed by atoms with Crippen LogP contribution in [0.1, 0.15) is 49.6 Å². The minimum absolute atomic E-state index is 0.0167. The molecule has 0 saturated heterocycles. The van der Waals surface area contributed by atoms with Crippen molar-refractivity contribution in [3.05, 3.63) is 53.3 Å². The second-order valence-corrected chi connectivity index (χ2v) is 9.77. The molecule has 5 rings (SSSR count). The number of ether oxygens (including phenoxy) is 1. The van der Waals surface area contributed by atoms with E-state index in [4.69, 9.17) is 9.26 Å². The monoisotopic (exact) mass is 462 g/mol. The molecule has 1 aliphatic heterocycles. The molecule has 2 N–H and O–H groups in total. The Kier molecular flexibility index (Phi) is 5.77. The summed E-state index contributed by atoms with van der Waals surface area (Å²) in [5.74, 6) is 2.42. The van der Waals surface area contributed by atoms with Crippen LogP contribution in [0.3, 0.4) is 0 Å². The molecule has 0 bridgehead atoms. The van der Waals surface area contributed by atoms with E-state index in [-0.39, 0.29) is 19.1 Å². The molecule has 1 fully saturated rings. The SMILES string of the molecule is Cc1ccc(-c2nc(C3CC3)no2)cc1NCC(=O)N1CCc2c(OCC(C)(C)O)cccc21. The summed E-state index contributed by atoms with van der Waals surface area (Å²) in [6, 6.07) is 11.6. The van der Waals surface area contributed by atoms with Crippen molar-refractivity contribution < 1.29 is 19.2 Å². The Balaban J connectivity index is 1.26. The van der Waals surface area contributed by atoms with E-state index in [0.29, 0.717) is 18.4 Å². The second-order valence-electron chi connectivity index (χ2n) is 9.77. The van der Waals surface area contributed by atoms with E-state index < -0.39 is 5.60 Å². The van der Waals surface area contributed by atoms with Gasteiger partial charge >= 0.3 is 0 Å². The summed E-state index contributed by atoms with van der Waals surface area (Å²) < 4.78 is 11.3. The Morgan fingerprint density at radius 3 is 2.88 bits per heavy atom. The minimum Gasteiger partial charge on any atom is -0.490 e. The summed E-state index contributed by atoms with van der Waals surface area (Å²) in [4.78, 5) is 19.4. The molecule has 8 heteroatoms. The zero-order valence-corrected chi connectivity index (χ0v) is 19.8. The number of nitrogens with one attached hydrogen (secondary N) is 1. The lowest BCUT2D eigenvalue weighted by atomic mass is 10.1. The molecule has 1 saturated carbocycles. The Hall–Kier alpha value is -3.39. The number of fused-ring (bicyclic) bond motifs is 1. The maximum atomic E-state index is 13.1. The van der Waals surface area contributed by atoms with Gasteiger partial charge in [-0.05, 0) is 69.9 Å². The molecule has 1 amide bonds. The summed E-state index contributed by atoms with van der Waals surface area (Å²) in [6.07, 6.45) is 2.96. The van der Waals surface area contributed by atoms with Gasteiger partial charge in [-0.3, -0.25) is 4.79 Å². The van der Waals surface area contributed by atoms with Crippen LogP contribution in [0, 0.1) is 6.92 Å². The third-order valence-corrected chi connectivity index (χ3v) is 6.17. The van der Waals surface area contributed by atoms with Crippen molar-refractivity contribution in [1.82, 2.24) is 10.1 Å². The zero-order valence-electron chi connectivity index (χ0n) is 19.8. The van der Waals surface area contributed by atoms with Crippen LogP contribution < -0.4 is 15.0 Å². The van der Waals surface area contributed by atoms with Crippen LogP contribution in [0.15, 0.2) is 40.9 Å². The zero-order chi connectivity index (χ0) is 23.9. The van der Waals surface area contributed by atoms with E-state index in [0.717, 1.165) is 58.9 Å². The van der Waals surface area contributed by atoms with Crippen LogP contribution in [0.2, 0.25) is 0 Å². The summed E-state index contributed by atoms with van der Waals surface area (Å²) in [7, 11) is 0. The predicted octanol–water partition coefficient (Wildman–Crippen LogP) is 4.07. The van der Waals surface area contributed by atoms with Gasteiger partial charge in [0.05, 0.1) is 17.8 Å². The van der Waals surface area contributed by atoms with Crippen LogP contribution in [0.5, 0.6) is 5.75 Å². The van der Waals surface area contributed by atoms with Crippen molar-refractivity contribution in [2.24, 2.45) is 0 Å². The first-order valence-electron chi connectivity index (χ1n) is 11.7. The molecule has 3 aromatic rings. The van der Waals surface area contributed by atoms with Crippen molar-refractivity contribution in [2.75, 3.05) is 29.9 Å². The highest BCUT2D eigenvalue weighted by atomic mass is 16.5. The van der Waals surface area contributed by atoms with E-state index in [9.17, 15) is 9.90 Å². The Morgan fingerprint density at radius 1 is 1.29 bits per heavy atom. The van der Waals surface area contributed by atoms with E-state index in [1.54, 1.807) is 18.7 Å². The van der Waals surface area contributed by atoms with Gasteiger partial charge in [-0.1, -0.05) is 17.3 Å². The number of benzene rings is 2. The maximum Gasteiger partial charge on any atom is 0.258 e. The standard InChI is InChI=1S/C26H30N4O4/c1-16-7-8-18(25-28-24(29-34-25)17-9-10-17)13-20(16)27-14-23(31)30-12-11-19-21(30)5-4-6-22(19)33-15-26(2,3)32/h4-8,13,17,27,32H,9-12,14-15H2,1-3H3. The summed E-state index contributed by atoms with van der Waals surface area (Å²) in [5.41, 5.74) is 3.67. The molecule has 0 radical (unpaired) electrons. The molecule has 34 heavy (non-hydrogen) atoms. The molecule has 1 aromatic heterocycles. The quantitative estimate of drug-likeness (QED) is 0.520. The number of carbonyl (C=O) groups is 1. The van der Waals surface area contributed by atoms with Crippen molar-refractivity contribution in [1.29, 1.82) is 0 Å². The molecule has 178 valence electrons. The van der Waals surface area contributed by atoms with Crippen molar-refractivity contribution in [2.45, 2.75) is 51.6 Å². The molecule has 8 nitrogen and oxygen atoms in total. The first kappa shape index (κ1) is 22.4. The van der Waals surface area contributed by atoms with Crippen molar-refractivity contribution >= 4 is 17.3 Å². The predicted molar refractivity (Wildman–Crippen MR) is 129 cm³/mol. The van der Waals surface area contributed by atoms with Gasteiger partial charge in [-0.15, -0.1) is 0 Å². The maximum absolute atomic E-state index is 13.1. The van der Waals surface area contributed by atoms with Gasteiger partial charge in [0.2, 0.25) is 5.91 Å².